The molecule has 6 amide bonds. The molecule has 6 aromatic rings. The molecule has 5 heterocycles. The smallest absolute Gasteiger partial charge is 0.416 e. The molecule has 0 aromatic heterocycles. The van der Waals surface area contributed by atoms with E-state index in [9.17, 15) is 59.1 Å². The van der Waals surface area contributed by atoms with Gasteiger partial charge in [-0.05, 0) is 114 Å². The number of alkyl carbamates (subject to hydrolysis) is 1. The van der Waals surface area contributed by atoms with Gasteiger partial charge < -0.3 is 108 Å². The number of hydrogen-bond acceptors (Lipinski definition) is 24. The second-order valence-electron chi connectivity index (χ2n) is 28.6. The highest BCUT2D eigenvalue weighted by Gasteiger charge is 2.56. The summed E-state index contributed by atoms with van der Waals surface area (Å²) in [6.07, 6.45) is -8.00. The number of aliphatic carboxylic acids is 1. The SMILES string of the molecule is C=CCOC(=O)N1C[C@@H]2CC3(CC3)CN2C(=O)c2cc(OC)c(OCCCCCOc3cc4c(cc3OC)C(=O)N3Cc5ccccc5C[C@H]3[C@H](O)N4C(=O)OCc3ccc(O[C@@H]4O[C@H](C(=O)O)[C@@H](O)[C@H](O)[C@H]4O)c(NC(=O)CCOCCOCCOCCOCCNC(=O)OCC4c5ccccc5-c5ccccc54)c3)cc21. The number of carboxylic acid groups (broad SMARTS) is 1. The Labute approximate surface area is 651 Å². The normalized spacial score (nSPS) is 20.9. The van der Waals surface area contributed by atoms with Crippen molar-refractivity contribution in [3.8, 4) is 39.9 Å². The molecule has 0 unspecified atom stereocenters. The molecule has 113 heavy (non-hydrogen) atoms. The van der Waals surface area contributed by atoms with Crippen LogP contribution >= 0.6 is 0 Å². The number of amides is 6. The molecule has 602 valence electrons. The number of carboxylic acids is 1. The van der Waals surface area contributed by atoms with Crippen molar-refractivity contribution in [2.24, 2.45) is 5.41 Å². The molecule has 6 aromatic carbocycles. The number of anilines is 3. The fraction of sp³-hybridized carbons (Fsp3) is 0.451. The lowest BCUT2D eigenvalue weighted by Crippen LogP contribution is -2.61. The molecule has 7 N–H and O–H groups in total. The number of methoxy groups -OCH3 is 2. The van der Waals surface area contributed by atoms with Gasteiger partial charge in [0.25, 0.3) is 11.8 Å². The van der Waals surface area contributed by atoms with Gasteiger partial charge in [-0.3, -0.25) is 19.3 Å². The van der Waals surface area contributed by atoms with E-state index < -0.39 is 85.6 Å². The van der Waals surface area contributed by atoms with Crippen LogP contribution in [0.15, 0.2) is 128 Å². The Kier molecular flexibility index (Phi) is 26.3. The zero-order valence-corrected chi connectivity index (χ0v) is 62.8. The molecule has 1 saturated carbocycles. The van der Waals surface area contributed by atoms with Crippen LogP contribution in [0.1, 0.15) is 99.4 Å². The predicted molar refractivity (Wildman–Crippen MR) is 404 cm³/mol. The second kappa shape index (κ2) is 36.9. The predicted octanol–water partition coefficient (Wildman–Crippen LogP) is 7.72. The van der Waals surface area contributed by atoms with E-state index in [1.807, 2.05) is 53.4 Å². The maximum absolute atomic E-state index is 14.9. The minimum absolute atomic E-state index is 0.00942. The molecule has 2 aliphatic carbocycles. The van der Waals surface area contributed by atoms with E-state index in [-0.39, 0.29) is 175 Å². The van der Waals surface area contributed by atoms with Gasteiger partial charge in [-0.2, -0.15) is 0 Å². The number of carbonyl (C=O) groups is 7. The van der Waals surface area contributed by atoms with E-state index in [1.165, 1.54) is 60.4 Å². The quantitative estimate of drug-likeness (QED) is 0.0114. The average molecular weight is 1560 g/mol. The molecule has 13 rings (SSSR count). The fourth-order valence-electron chi connectivity index (χ4n) is 15.2. The zero-order chi connectivity index (χ0) is 79.3. The van der Waals surface area contributed by atoms with Gasteiger partial charge in [0.1, 0.15) is 43.9 Å². The molecule has 3 fully saturated rings. The number of aliphatic hydroxyl groups excluding tert-OH is 4. The molecule has 0 radical (unpaired) electrons. The van der Waals surface area contributed by atoms with E-state index in [0.717, 1.165) is 57.5 Å². The first-order chi connectivity index (χ1) is 54.9. The largest absolute Gasteiger partial charge is 0.493 e. The molecular formula is C82H94N6O25. The standard InChI is InChI=1S/C82H94N6O25/c1-4-26-109-80(99)86-45-52-43-82(23-24-82)48-87(52)75(94)57-39-65(101-2)67(41-61(57)86)107-27-12-5-13-28-108-68-42-62-58(40-66(68)102-3)74(93)85-44-51-15-7-6-14-50(51)38-63(85)76(95)88(62)81(100)111-46-49-20-21-64(112-78-72(92)70(90)71(91)73(113-78)77(96)97)60(37-49)84-69(89)22-29-103-31-33-105-35-36-106-34-32-104-30-25-83-79(98)110-47-59-55-18-10-8-16-53(55)54-17-9-11-19-56(54)59/h4,6-11,14-21,37,39-42,52,59,63,70-73,76,78,90-92,95H,1,5,12-13,22-36,38,43-48H2,2-3H3,(H,83,98)(H,84,89)(H,96,97)/t52-,63-,70-,71-,72+,73-,76-,78+/m0/s1. The fourth-order valence-corrected chi connectivity index (χ4v) is 15.2. The molecule has 31 heteroatoms. The van der Waals surface area contributed by atoms with E-state index >= 15 is 0 Å². The van der Waals surface area contributed by atoms with Crippen molar-refractivity contribution in [2.75, 3.05) is 128 Å². The molecule has 0 bridgehead atoms. The Bertz CT molecular complexity index is 4400. The first kappa shape index (κ1) is 80.4. The third-order valence-electron chi connectivity index (χ3n) is 21.2. The number of aliphatic hydroxyl groups is 4. The summed E-state index contributed by atoms with van der Waals surface area (Å²) in [6, 6.07) is 32.7. The molecule has 8 atom stereocenters. The maximum atomic E-state index is 14.9. The summed E-state index contributed by atoms with van der Waals surface area (Å²) in [6.45, 7) is 6.39. The number of unbranched alkanes of at least 4 members (excludes halogenated alkanes) is 2. The van der Waals surface area contributed by atoms with Gasteiger partial charge in [-0.25, -0.2) is 24.1 Å². The van der Waals surface area contributed by atoms with Crippen LogP contribution in [-0.2, 0) is 67.1 Å². The summed E-state index contributed by atoms with van der Waals surface area (Å²) in [5.74, 6) is -2.29. The summed E-state index contributed by atoms with van der Waals surface area (Å²) in [7, 11) is 2.88. The van der Waals surface area contributed by atoms with Crippen molar-refractivity contribution in [1.82, 2.24) is 15.1 Å². The Morgan fingerprint density at radius 1 is 0.619 bits per heavy atom. The topological polar surface area (TPSA) is 378 Å². The van der Waals surface area contributed by atoms with Gasteiger partial charge in [0.2, 0.25) is 12.2 Å². The van der Waals surface area contributed by atoms with Crippen molar-refractivity contribution in [3.63, 3.8) is 0 Å². The maximum Gasteiger partial charge on any atom is 0.416 e. The first-order valence-electron chi connectivity index (χ1n) is 37.9. The summed E-state index contributed by atoms with van der Waals surface area (Å²) in [5.41, 5.74) is 7.04. The van der Waals surface area contributed by atoms with Gasteiger partial charge in [-0.1, -0.05) is 91.5 Å². The number of nitrogens with zero attached hydrogens (tertiary/aromatic N) is 4. The van der Waals surface area contributed by atoms with Crippen LogP contribution in [0.25, 0.3) is 11.1 Å². The summed E-state index contributed by atoms with van der Waals surface area (Å²) in [5, 5.41) is 59.7. The Hall–Kier alpha value is -10.6. The number of fused-ring (bicyclic) bond motifs is 8. The Morgan fingerprint density at radius 3 is 1.88 bits per heavy atom. The minimum atomic E-state index is -2.03. The highest BCUT2D eigenvalue weighted by Crippen LogP contribution is 2.56. The molecule has 1 spiro atoms. The van der Waals surface area contributed by atoms with Gasteiger partial charge in [0, 0.05) is 44.2 Å². The number of ether oxygens (including phenoxy) is 13. The van der Waals surface area contributed by atoms with Crippen LogP contribution < -0.4 is 44.1 Å². The lowest BCUT2D eigenvalue weighted by Gasteiger charge is -2.39. The van der Waals surface area contributed by atoms with Crippen LogP contribution in [0.2, 0.25) is 0 Å². The van der Waals surface area contributed by atoms with Crippen molar-refractivity contribution >= 4 is 59.0 Å². The monoisotopic (exact) mass is 1560 g/mol. The number of benzene rings is 6. The minimum Gasteiger partial charge on any atom is -0.493 e. The highest BCUT2D eigenvalue weighted by molar-refractivity contribution is 6.07. The average Bonchev–Trinajstić information content (AvgIpc) is 1.59. The van der Waals surface area contributed by atoms with Crippen LogP contribution in [-0.4, -0.2) is 239 Å². The van der Waals surface area contributed by atoms with E-state index in [1.54, 1.807) is 12.1 Å². The lowest BCUT2D eigenvalue weighted by molar-refractivity contribution is -0.271. The lowest BCUT2D eigenvalue weighted by atomic mass is 9.93. The zero-order valence-electron chi connectivity index (χ0n) is 62.8. The van der Waals surface area contributed by atoms with Gasteiger partial charge in [0.15, 0.2) is 35.3 Å². The number of rotatable bonds is 35. The van der Waals surface area contributed by atoms with E-state index in [2.05, 4.69) is 41.5 Å². The Balaban J connectivity index is 0.605. The summed E-state index contributed by atoms with van der Waals surface area (Å²) < 4.78 is 75.1. The van der Waals surface area contributed by atoms with Gasteiger partial charge >= 0.3 is 24.2 Å². The van der Waals surface area contributed by atoms with Crippen LogP contribution in [0.3, 0.4) is 0 Å². The van der Waals surface area contributed by atoms with Crippen LogP contribution in [0, 0.1) is 5.41 Å². The molecule has 5 aliphatic heterocycles. The number of nitrogens with one attached hydrogen (secondary N) is 2. The third-order valence-corrected chi connectivity index (χ3v) is 21.2. The molecule has 2 saturated heterocycles. The molecule has 7 aliphatic rings. The van der Waals surface area contributed by atoms with Gasteiger partial charge in [0.05, 0.1) is 127 Å². The van der Waals surface area contributed by atoms with Crippen molar-refractivity contribution in [1.29, 1.82) is 0 Å². The van der Waals surface area contributed by atoms with Crippen LogP contribution in [0.4, 0.5) is 31.4 Å². The van der Waals surface area contributed by atoms with E-state index in [0.29, 0.717) is 48.6 Å². The molecule has 31 nitrogen and oxygen atoms in total. The van der Waals surface area contributed by atoms with Crippen molar-refractivity contribution in [2.45, 2.75) is 119 Å². The Morgan fingerprint density at radius 2 is 1.23 bits per heavy atom. The van der Waals surface area contributed by atoms with E-state index in [4.69, 9.17) is 61.6 Å². The number of carbonyl (C=O) groups excluding carboxylic acids is 6. The second-order valence-corrected chi connectivity index (χ2v) is 28.6. The first-order valence-corrected chi connectivity index (χ1v) is 37.9. The highest BCUT2D eigenvalue weighted by atomic mass is 16.7. The third kappa shape index (κ3) is 18.5. The van der Waals surface area contributed by atoms with Crippen LogP contribution in [0.5, 0.6) is 28.7 Å². The number of hydrogen-bond donors (Lipinski definition) is 7. The summed E-state index contributed by atoms with van der Waals surface area (Å²) >= 11 is 0. The van der Waals surface area contributed by atoms with Crippen molar-refractivity contribution < 1.29 is 121 Å². The molecular weight excluding hydrogens is 1470 g/mol. The summed E-state index contributed by atoms with van der Waals surface area (Å²) in [4.78, 5) is 102. The van der Waals surface area contributed by atoms with Crippen molar-refractivity contribution in [3.05, 3.63) is 167 Å². The van der Waals surface area contributed by atoms with Gasteiger partial charge in [-0.15, -0.1) is 0 Å².